The molecule has 1 saturated carbocycles. The van der Waals surface area contributed by atoms with Crippen molar-refractivity contribution in [3.05, 3.63) is 90.0 Å². The van der Waals surface area contributed by atoms with Gasteiger partial charge in [-0.15, -0.1) is 0 Å². The number of rotatable bonds is 12. The summed E-state index contributed by atoms with van der Waals surface area (Å²) < 4.78 is 34.2. The molecule has 1 aliphatic carbocycles. The first-order chi connectivity index (χ1) is 20.2. The summed E-state index contributed by atoms with van der Waals surface area (Å²) in [5.74, 6) is -0.100. The molecule has 0 saturated heterocycles. The topological polar surface area (TPSA) is 96.0 Å². The molecule has 1 N–H and O–H groups in total. The van der Waals surface area contributed by atoms with Crippen LogP contribution in [-0.2, 0) is 26.2 Å². The van der Waals surface area contributed by atoms with Crippen molar-refractivity contribution in [2.75, 3.05) is 18.0 Å². The van der Waals surface area contributed by atoms with Crippen molar-refractivity contribution < 1.29 is 22.7 Å². The number of hydrogen-bond acceptors (Lipinski definition) is 5. The molecule has 0 aromatic heterocycles. The van der Waals surface area contributed by atoms with E-state index in [-0.39, 0.29) is 23.4 Å². The summed E-state index contributed by atoms with van der Waals surface area (Å²) in [4.78, 5) is 29.4. The number of nitrogens with zero attached hydrogens (tertiary/aromatic N) is 2. The van der Waals surface area contributed by atoms with Gasteiger partial charge < -0.3 is 15.0 Å². The van der Waals surface area contributed by atoms with Gasteiger partial charge >= 0.3 is 0 Å². The fraction of sp³-hybridized carbons (Fsp3) is 0.394. The van der Waals surface area contributed by atoms with Crippen LogP contribution in [-0.4, -0.2) is 50.9 Å². The molecule has 0 aliphatic heterocycles. The van der Waals surface area contributed by atoms with E-state index in [1.807, 2.05) is 38.1 Å². The van der Waals surface area contributed by atoms with Crippen LogP contribution in [0.25, 0.3) is 0 Å². The van der Waals surface area contributed by atoms with Gasteiger partial charge in [0, 0.05) is 12.6 Å². The summed E-state index contributed by atoms with van der Waals surface area (Å²) in [6, 6.07) is 21.7. The highest BCUT2D eigenvalue weighted by Gasteiger charge is 2.34. The van der Waals surface area contributed by atoms with Gasteiger partial charge in [0.15, 0.2) is 0 Å². The second-order valence-corrected chi connectivity index (χ2v) is 12.7. The zero-order chi connectivity index (χ0) is 30.1. The Hall–Kier alpha value is -3.85. The molecule has 224 valence electrons. The number of amides is 2. The zero-order valence-corrected chi connectivity index (χ0v) is 25.5. The molecule has 0 unspecified atom stereocenters. The molecule has 42 heavy (non-hydrogen) atoms. The van der Waals surface area contributed by atoms with Gasteiger partial charge in [-0.05, 0) is 68.1 Å². The standard InChI is InChI=1S/C33H41N3O5S/c1-4-31(33(38)34-27-11-7-5-8-12-27)35(23-26-17-15-25(2)16-18-26)32(37)24-36(28-19-21-29(41-3)22-20-28)42(39,40)30-13-9-6-10-14-30/h6,9-10,13-22,27,31H,4-5,7-8,11-12,23-24H2,1-3H3,(H,34,38)/t31-/m0/s1. The number of anilines is 1. The normalized spacial score (nSPS) is 14.5. The predicted octanol–water partition coefficient (Wildman–Crippen LogP) is 5.46. The first-order valence-electron chi connectivity index (χ1n) is 14.6. The largest absolute Gasteiger partial charge is 0.497 e. The second-order valence-electron chi connectivity index (χ2n) is 10.8. The minimum Gasteiger partial charge on any atom is -0.497 e. The van der Waals surface area contributed by atoms with Gasteiger partial charge in [0.2, 0.25) is 11.8 Å². The van der Waals surface area contributed by atoms with E-state index in [1.54, 1.807) is 42.5 Å². The molecule has 0 bridgehead atoms. The summed E-state index contributed by atoms with van der Waals surface area (Å²) in [5.41, 5.74) is 2.26. The number of benzene rings is 3. The Morgan fingerprint density at radius 3 is 2.17 bits per heavy atom. The van der Waals surface area contributed by atoms with Gasteiger partial charge in [0.05, 0.1) is 17.7 Å². The molecule has 4 rings (SSSR count). The van der Waals surface area contributed by atoms with Gasteiger partial charge in [0.1, 0.15) is 18.3 Å². The minimum atomic E-state index is -4.11. The average molecular weight is 592 g/mol. The molecule has 0 spiro atoms. The summed E-state index contributed by atoms with van der Waals surface area (Å²) in [6.45, 7) is 3.57. The number of methoxy groups -OCH3 is 1. The van der Waals surface area contributed by atoms with Gasteiger partial charge in [-0.3, -0.25) is 13.9 Å². The van der Waals surface area contributed by atoms with Crippen LogP contribution in [0.4, 0.5) is 5.69 Å². The van der Waals surface area contributed by atoms with Gasteiger partial charge in [0.25, 0.3) is 10.0 Å². The van der Waals surface area contributed by atoms with Crippen LogP contribution in [0, 0.1) is 6.92 Å². The van der Waals surface area contributed by atoms with E-state index in [0.717, 1.165) is 41.1 Å². The third-order valence-electron chi connectivity index (χ3n) is 7.78. The van der Waals surface area contributed by atoms with Crippen molar-refractivity contribution in [3.8, 4) is 5.75 Å². The maximum atomic E-state index is 14.2. The van der Waals surface area contributed by atoms with E-state index in [1.165, 1.54) is 30.6 Å². The fourth-order valence-corrected chi connectivity index (χ4v) is 6.79. The lowest BCUT2D eigenvalue weighted by molar-refractivity contribution is -0.140. The Morgan fingerprint density at radius 2 is 1.57 bits per heavy atom. The SMILES string of the molecule is CC[C@@H](C(=O)NC1CCCCC1)N(Cc1ccc(C)cc1)C(=O)CN(c1ccc(OC)cc1)S(=O)(=O)c1ccccc1. The summed E-state index contributed by atoms with van der Waals surface area (Å²) >= 11 is 0. The van der Waals surface area contributed by atoms with E-state index >= 15 is 0 Å². The van der Waals surface area contributed by atoms with Crippen LogP contribution in [0.1, 0.15) is 56.6 Å². The number of sulfonamides is 1. The van der Waals surface area contributed by atoms with E-state index in [0.29, 0.717) is 17.9 Å². The molecule has 2 amide bonds. The Bertz CT molecular complexity index is 1420. The van der Waals surface area contributed by atoms with E-state index in [2.05, 4.69) is 5.32 Å². The van der Waals surface area contributed by atoms with Crippen molar-refractivity contribution in [2.24, 2.45) is 0 Å². The lowest BCUT2D eigenvalue weighted by atomic mass is 9.95. The van der Waals surface area contributed by atoms with Crippen molar-refractivity contribution in [1.29, 1.82) is 0 Å². The van der Waals surface area contributed by atoms with Gasteiger partial charge in [-0.2, -0.15) is 0 Å². The average Bonchev–Trinajstić information content (AvgIpc) is 3.01. The van der Waals surface area contributed by atoms with Crippen LogP contribution in [0.2, 0.25) is 0 Å². The smallest absolute Gasteiger partial charge is 0.264 e. The van der Waals surface area contributed by atoms with Crippen LogP contribution in [0.5, 0.6) is 5.75 Å². The maximum Gasteiger partial charge on any atom is 0.264 e. The van der Waals surface area contributed by atoms with Crippen LogP contribution < -0.4 is 14.4 Å². The molecule has 3 aromatic carbocycles. The number of aryl methyl sites for hydroxylation is 1. The maximum absolute atomic E-state index is 14.2. The third kappa shape index (κ3) is 7.70. The van der Waals surface area contributed by atoms with Crippen LogP contribution in [0.15, 0.2) is 83.8 Å². The van der Waals surface area contributed by atoms with Gasteiger partial charge in [-0.1, -0.05) is 74.2 Å². The van der Waals surface area contributed by atoms with Gasteiger partial charge in [-0.25, -0.2) is 8.42 Å². The number of ether oxygens (including phenoxy) is 1. The molecule has 0 heterocycles. The summed E-state index contributed by atoms with van der Waals surface area (Å²) in [5, 5.41) is 3.18. The predicted molar refractivity (Wildman–Crippen MR) is 165 cm³/mol. The Balaban J connectivity index is 1.69. The second kappa shape index (κ2) is 14.4. The third-order valence-corrected chi connectivity index (χ3v) is 9.57. The van der Waals surface area contributed by atoms with Crippen LogP contribution >= 0.6 is 0 Å². The first-order valence-corrected chi connectivity index (χ1v) is 16.0. The molecule has 9 heteroatoms. The number of nitrogens with one attached hydrogen (secondary N) is 1. The highest BCUT2D eigenvalue weighted by atomic mass is 32.2. The molecule has 1 aliphatic rings. The first kappa shape index (κ1) is 31.1. The Kier molecular flexibility index (Phi) is 10.6. The van der Waals surface area contributed by atoms with Crippen LogP contribution in [0.3, 0.4) is 0 Å². The van der Waals surface area contributed by atoms with E-state index < -0.39 is 28.5 Å². The number of carbonyl (C=O) groups excluding carboxylic acids is 2. The molecule has 3 aromatic rings. The van der Waals surface area contributed by atoms with Crippen molar-refractivity contribution in [1.82, 2.24) is 10.2 Å². The summed E-state index contributed by atoms with van der Waals surface area (Å²) in [7, 11) is -2.58. The highest BCUT2D eigenvalue weighted by Crippen LogP contribution is 2.27. The quantitative estimate of drug-likeness (QED) is 0.302. The summed E-state index contributed by atoms with van der Waals surface area (Å²) in [6.07, 6.45) is 5.55. The minimum absolute atomic E-state index is 0.0702. The molecule has 0 radical (unpaired) electrons. The van der Waals surface area contributed by atoms with E-state index in [9.17, 15) is 18.0 Å². The molecule has 1 atom stereocenters. The lowest BCUT2D eigenvalue weighted by Crippen LogP contribution is -2.54. The number of hydrogen-bond donors (Lipinski definition) is 1. The van der Waals surface area contributed by atoms with Crippen molar-refractivity contribution in [3.63, 3.8) is 0 Å². The molecule has 1 fully saturated rings. The lowest BCUT2D eigenvalue weighted by Gasteiger charge is -2.34. The van der Waals surface area contributed by atoms with Crippen molar-refractivity contribution in [2.45, 2.75) is 75.9 Å². The van der Waals surface area contributed by atoms with E-state index in [4.69, 9.17) is 4.74 Å². The Morgan fingerprint density at radius 1 is 0.929 bits per heavy atom. The molecular formula is C33H41N3O5S. The highest BCUT2D eigenvalue weighted by molar-refractivity contribution is 7.92. The fourth-order valence-electron chi connectivity index (χ4n) is 5.35. The Labute approximate surface area is 249 Å². The zero-order valence-electron chi connectivity index (χ0n) is 24.7. The number of carbonyl (C=O) groups is 2. The molecule has 8 nitrogen and oxygen atoms in total. The monoisotopic (exact) mass is 591 g/mol. The van der Waals surface area contributed by atoms with Crippen molar-refractivity contribution >= 4 is 27.5 Å². The molecular weight excluding hydrogens is 550 g/mol.